The zero-order valence-corrected chi connectivity index (χ0v) is 22.0. The van der Waals surface area contributed by atoms with Gasteiger partial charge in [-0.3, -0.25) is 9.89 Å². The summed E-state index contributed by atoms with van der Waals surface area (Å²) in [5.74, 6) is 2.72. The summed E-state index contributed by atoms with van der Waals surface area (Å²) in [4.78, 5) is 13.0. The van der Waals surface area contributed by atoms with Crippen LogP contribution in [0.15, 0.2) is 58.3 Å². The van der Waals surface area contributed by atoms with Gasteiger partial charge in [-0.1, -0.05) is 39.0 Å². The third kappa shape index (κ3) is 6.72. The average molecular weight is 475 g/mol. The molecule has 0 bridgehead atoms. The summed E-state index contributed by atoms with van der Waals surface area (Å²) in [6.45, 7) is 15.7. The SMILES string of the molecule is C=N/C(=C\C=NC)N1CCN(Cc2ccc3cc(OC4CCC(C(C)(C)C)CC4)ccc3c2)CC1. The van der Waals surface area contributed by atoms with Gasteiger partial charge in [0.15, 0.2) is 0 Å². The van der Waals surface area contributed by atoms with E-state index in [-0.39, 0.29) is 0 Å². The van der Waals surface area contributed by atoms with Crippen LogP contribution in [-0.4, -0.2) is 62.1 Å². The smallest absolute Gasteiger partial charge is 0.129 e. The molecule has 1 saturated carbocycles. The van der Waals surface area contributed by atoms with Gasteiger partial charge in [-0.2, -0.15) is 0 Å². The molecular weight excluding hydrogens is 432 g/mol. The fraction of sp³-hybridized carbons (Fsp3) is 0.533. The number of allylic oxidation sites excluding steroid dienone is 1. The zero-order valence-electron chi connectivity index (χ0n) is 22.0. The number of piperazine rings is 1. The topological polar surface area (TPSA) is 40.4 Å². The number of fused-ring (bicyclic) bond motifs is 1. The summed E-state index contributed by atoms with van der Waals surface area (Å²) in [7, 11) is 1.77. The number of hydrogen-bond acceptors (Lipinski definition) is 5. The van der Waals surface area contributed by atoms with Gasteiger partial charge in [-0.15, -0.1) is 0 Å². The van der Waals surface area contributed by atoms with Crippen LogP contribution in [0.3, 0.4) is 0 Å². The van der Waals surface area contributed by atoms with Crippen LogP contribution in [0.5, 0.6) is 5.75 Å². The van der Waals surface area contributed by atoms with E-state index >= 15 is 0 Å². The van der Waals surface area contributed by atoms with Crippen molar-refractivity contribution in [2.75, 3.05) is 33.2 Å². The largest absolute Gasteiger partial charge is 0.490 e. The molecule has 188 valence electrons. The standard InChI is InChI=1S/C30H42N4O/c1-30(2,3)26-9-12-27(13-10-26)35-28-11-8-24-20-23(6-7-25(24)21-28)22-33-16-18-34(19-17-33)29(32-5)14-15-31-4/h6-8,11,14-15,20-21,26-27H,5,9-10,12-13,16-19,22H2,1-4H3/b29-14+,31-15?. The Bertz CT molecular complexity index is 1050. The van der Waals surface area contributed by atoms with Crippen LogP contribution in [0.25, 0.3) is 10.8 Å². The van der Waals surface area contributed by atoms with Crippen LogP contribution in [0, 0.1) is 11.3 Å². The molecule has 1 heterocycles. The van der Waals surface area contributed by atoms with Crippen molar-refractivity contribution >= 4 is 23.7 Å². The number of nitrogens with zero attached hydrogens (tertiary/aromatic N) is 4. The molecule has 5 heteroatoms. The second-order valence-corrected chi connectivity index (χ2v) is 11.2. The lowest BCUT2D eigenvalue weighted by atomic mass is 9.72. The van der Waals surface area contributed by atoms with Crippen LogP contribution < -0.4 is 4.74 Å². The Morgan fingerprint density at radius 1 is 1.00 bits per heavy atom. The number of ether oxygens (including phenoxy) is 1. The highest BCUT2D eigenvalue weighted by molar-refractivity contribution is 5.84. The molecule has 35 heavy (non-hydrogen) atoms. The Hall–Kier alpha value is -2.66. The first-order chi connectivity index (χ1) is 16.9. The van der Waals surface area contributed by atoms with E-state index in [0.717, 1.165) is 50.2 Å². The fourth-order valence-electron chi connectivity index (χ4n) is 5.48. The molecule has 5 nitrogen and oxygen atoms in total. The van der Waals surface area contributed by atoms with Gasteiger partial charge in [0, 0.05) is 46.0 Å². The highest BCUT2D eigenvalue weighted by Gasteiger charge is 2.30. The molecule has 0 radical (unpaired) electrons. The van der Waals surface area contributed by atoms with Crippen LogP contribution in [-0.2, 0) is 6.54 Å². The van der Waals surface area contributed by atoms with E-state index in [9.17, 15) is 0 Å². The van der Waals surface area contributed by atoms with E-state index in [1.807, 2.05) is 6.08 Å². The van der Waals surface area contributed by atoms with Gasteiger partial charge in [-0.25, -0.2) is 4.99 Å². The van der Waals surface area contributed by atoms with Crippen molar-refractivity contribution in [1.82, 2.24) is 9.80 Å². The van der Waals surface area contributed by atoms with Crippen molar-refractivity contribution in [2.45, 2.75) is 59.1 Å². The normalized spacial score (nSPS) is 22.6. The van der Waals surface area contributed by atoms with E-state index in [1.54, 1.807) is 13.3 Å². The Morgan fingerprint density at radius 3 is 2.34 bits per heavy atom. The first-order valence-electron chi connectivity index (χ1n) is 13.1. The molecule has 0 amide bonds. The Labute approximate surface area is 211 Å². The number of benzene rings is 2. The molecule has 2 aliphatic rings. The minimum atomic E-state index is 0.352. The van der Waals surface area contributed by atoms with Crippen LogP contribution in [0.2, 0.25) is 0 Å². The van der Waals surface area contributed by atoms with Crippen molar-refractivity contribution in [3.05, 3.63) is 53.9 Å². The number of aliphatic imine (C=N–C) groups is 2. The van der Waals surface area contributed by atoms with Crippen LogP contribution in [0.1, 0.15) is 52.0 Å². The summed E-state index contributed by atoms with van der Waals surface area (Å²) >= 11 is 0. The first kappa shape index (κ1) is 25.4. The maximum Gasteiger partial charge on any atom is 0.129 e. The zero-order chi connectivity index (χ0) is 24.8. The second-order valence-electron chi connectivity index (χ2n) is 11.2. The first-order valence-corrected chi connectivity index (χ1v) is 13.1. The summed E-state index contributed by atoms with van der Waals surface area (Å²) in [5.41, 5.74) is 1.77. The van der Waals surface area contributed by atoms with E-state index in [2.05, 4.69) is 83.7 Å². The summed E-state index contributed by atoms with van der Waals surface area (Å²) in [5, 5.41) is 2.54. The molecule has 0 N–H and O–H groups in total. The van der Waals surface area contributed by atoms with Gasteiger partial charge in [0.2, 0.25) is 0 Å². The lowest BCUT2D eigenvalue weighted by Gasteiger charge is -2.37. The molecule has 2 fully saturated rings. The van der Waals surface area contributed by atoms with E-state index in [1.165, 1.54) is 42.0 Å². The maximum atomic E-state index is 6.40. The molecule has 1 saturated heterocycles. The highest BCUT2D eigenvalue weighted by atomic mass is 16.5. The van der Waals surface area contributed by atoms with Crippen molar-refractivity contribution in [2.24, 2.45) is 21.3 Å². The summed E-state index contributed by atoms with van der Waals surface area (Å²) < 4.78 is 6.40. The third-order valence-corrected chi connectivity index (χ3v) is 7.71. The van der Waals surface area contributed by atoms with E-state index in [4.69, 9.17) is 4.74 Å². The van der Waals surface area contributed by atoms with Crippen molar-refractivity contribution in [3.63, 3.8) is 0 Å². The summed E-state index contributed by atoms with van der Waals surface area (Å²) in [6.07, 6.45) is 8.93. The molecule has 1 aliphatic carbocycles. The molecule has 1 aliphatic heterocycles. The van der Waals surface area contributed by atoms with Gasteiger partial charge in [-0.05, 0) is 84.3 Å². The molecule has 0 atom stereocenters. The molecule has 0 unspecified atom stereocenters. The van der Waals surface area contributed by atoms with E-state index in [0.29, 0.717) is 11.5 Å². The lowest BCUT2D eigenvalue weighted by molar-refractivity contribution is 0.0883. The quantitative estimate of drug-likeness (QED) is 0.450. The molecule has 0 spiro atoms. The van der Waals surface area contributed by atoms with Gasteiger partial charge in [0.05, 0.1) is 6.10 Å². The lowest BCUT2D eigenvalue weighted by Crippen LogP contribution is -2.45. The number of rotatable bonds is 7. The van der Waals surface area contributed by atoms with Crippen molar-refractivity contribution in [3.8, 4) is 5.75 Å². The predicted octanol–water partition coefficient (Wildman–Crippen LogP) is 6.18. The van der Waals surface area contributed by atoms with Gasteiger partial charge >= 0.3 is 0 Å². The predicted molar refractivity (Wildman–Crippen MR) is 149 cm³/mol. The van der Waals surface area contributed by atoms with Crippen molar-refractivity contribution in [1.29, 1.82) is 0 Å². The number of hydrogen-bond donors (Lipinski definition) is 0. The van der Waals surface area contributed by atoms with Crippen molar-refractivity contribution < 1.29 is 4.74 Å². The summed E-state index contributed by atoms with van der Waals surface area (Å²) in [6, 6.07) is 13.4. The Kier molecular flexibility index (Phi) is 8.27. The van der Waals surface area contributed by atoms with Gasteiger partial charge in [0.25, 0.3) is 0 Å². The monoisotopic (exact) mass is 474 g/mol. The Balaban J connectivity index is 1.31. The second kappa shape index (κ2) is 11.4. The van der Waals surface area contributed by atoms with Crippen LogP contribution >= 0.6 is 0 Å². The molecule has 2 aromatic rings. The maximum absolute atomic E-state index is 6.40. The molecule has 0 aromatic heterocycles. The highest BCUT2D eigenvalue weighted by Crippen LogP contribution is 2.39. The average Bonchev–Trinajstić information content (AvgIpc) is 2.85. The van der Waals surface area contributed by atoms with Gasteiger partial charge < -0.3 is 9.64 Å². The van der Waals surface area contributed by atoms with Crippen LogP contribution in [0.4, 0.5) is 0 Å². The Morgan fingerprint density at radius 2 is 1.69 bits per heavy atom. The molecule has 4 rings (SSSR count). The van der Waals surface area contributed by atoms with Gasteiger partial charge in [0.1, 0.15) is 11.6 Å². The minimum absolute atomic E-state index is 0.352. The molecule has 2 aromatic carbocycles. The minimum Gasteiger partial charge on any atom is -0.490 e. The third-order valence-electron chi connectivity index (χ3n) is 7.71. The van der Waals surface area contributed by atoms with E-state index < -0.39 is 0 Å². The molecular formula is C30H42N4O. The fourth-order valence-corrected chi connectivity index (χ4v) is 5.48.